The SMILES string of the molecule is CCCc1nc2oc3c(NCc4ccncc4)ncnc3c2c2c1CCCC2. The maximum Gasteiger partial charge on any atom is 0.229 e. The summed E-state index contributed by atoms with van der Waals surface area (Å²) in [6, 6.07) is 3.97. The minimum absolute atomic E-state index is 0.651. The Morgan fingerprint density at radius 2 is 1.89 bits per heavy atom. The number of rotatable bonds is 5. The standard InChI is InChI=1S/C22H23N5O/c1-2-5-17-15-6-3-4-7-16(15)18-19-20(28-22(18)27-17)21(26-13-25-19)24-12-14-8-10-23-11-9-14/h8-11,13H,2-7,12H2,1H3,(H,24,25,26). The molecular formula is C22H23N5O. The van der Waals surface area contributed by atoms with Crippen LogP contribution in [0.2, 0.25) is 0 Å². The van der Waals surface area contributed by atoms with Crippen molar-refractivity contribution in [1.82, 2.24) is 19.9 Å². The molecular weight excluding hydrogens is 350 g/mol. The highest BCUT2D eigenvalue weighted by atomic mass is 16.3. The van der Waals surface area contributed by atoms with Crippen LogP contribution in [0.4, 0.5) is 5.82 Å². The van der Waals surface area contributed by atoms with Crippen LogP contribution in [0.5, 0.6) is 0 Å². The van der Waals surface area contributed by atoms with Crippen molar-refractivity contribution in [2.24, 2.45) is 0 Å². The fourth-order valence-corrected chi connectivity index (χ4v) is 4.19. The number of hydrogen-bond donors (Lipinski definition) is 1. The third-order valence-corrected chi connectivity index (χ3v) is 5.50. The van der Waals surface area contributed by atoms with Gasteiger partial charge < -0.3 is 9.73 Å². The first kappa shape index (κ1) is 17.1. The molecule has 6 heteroatoms. The number of nitrogens with zero attached hydrogens (tertiary/aromatic N) is 4. The summed E-state index contributed by atoms with van der Waals surface area (Å²) in [5.74, 6) is 0.710. The zero-order chi connectivity index (χ0) is 18.9. The van der Waals surface area contributed by atoms with Gasteiger partial charge >= 0.3 is 0 Å². The van der Waals surface area contributed by atoms with Crippen molar-refractivity contribution in [3.05, 3.63) is 53.2 Å². The zero-order valence-corrected chi connectivity index (χ0v) is 16.0. The van der Waals surface area contributed by atoms with E-state index in [2.05, 4.69) is 27.2 Å². The highest BCUT2D eigenvalue weighted by Crippen LogP contribution is 2.37. The van der Waals surface area contributed by atoms with E-state index in [1.165, 1.54) is 29.7 Å². The lowest BCUT2D eigenvalue weighted by Crippen LogP contribution is -2.09. The summed E-state index contributed by atoms with van der Waals surface area (Å²) in [5, 5.41) is 4.47. The van der Waals surface area contributed by atoms with Gasteiger partial charge in [-0.25, -0.2) is 15.0 Å². The van der Waals surface area contributed by atoms with Gasteiger partial charge in [0.25, 0.3) is 0 Å². The van der Waals surface area contributed by atoms with Crippen molar-refractivity contribution < 1.29 is 4.42 Å². The molecule has 1 aliphatic rings. The van der Waals surface area contributed by atoms with Crippen LogP contribution < -0.4 is 5.32 Å². The smallest absolute Gasteiger partial charge is 0.229 e. The first-order valence-electron chi connectivity index (χ1n) is 10.1. The van der Waals surface area contributed by atoms with Crippen molar-refractivity contribution in [2.45, 2.75) is 52.0 Å². The Morgan fingerprint density at radius 3 is 2.71 bits per heavy atom. The molecule has 4 aromatic rings. The average molecular weight is 373 g/mol. The van der Waals surface area contributed by atoms with E-state index in [1.54, 1.807) is 18.7 Å². The summed E-state index contributed by atoms with van der Waals surface area (Å²) in [6.45, 7) is 2.85. The highest BCUT2D eigenvalue weighted by molar-refractivity contribution is 6.06. The Balaban J connectivity index is 1.63. The molecule has 0 saturated heterocycles. The predicted molar refractivity (Wildman–Crippen MR) is 109 cm³/mol. The van der Waals surface area contributed by atoms with Crippen LogP contribution in [0.25, 0.3) is 22.2 Å². The second-order valence-corrected chi connectivity index (χ2v) is 7.36. The number of aromatic nitrogens is 4. The average Bonchev–Trinajstić information content (AvgIpc) is 3.12. The Bertz CT molecular complexity index is 1140. The second-order valence-electron chi connectivity index (χ2n) is 7.36. The van der Waals surface area contributed by atoms with E-state index in [1.807, 2.05) is 12.1 Å². The maximum absolute atomic E-state index is 6.21. The lowest BCUT2D eigenvalue weighted by atomic mass is 9.88. The van der Waals surface area contributed by atoms with Crippen LogP contribution >= 0.6 is 0 Å². The normalized spacial score (nSPS) is 13.8. The molecule has 0 aliphatic heterocycles. The van der Waals surface area contributed by atoms with Crippen molar-refractivity contribution in [2.75, 3.05) is 5.32 Å². The lowest BCUT2D eigenvalue weighted by molar-refractivity contribution is 0.636. The Kier molecular flexibility index (Phi) is 4.39. The molecule has 142 valence electrons. The molecule has 6 nitrogen and oxygen atoms in total. The molecule has 0 saturated carbocycles. The van der Waals surface area contributed by atoms with Crippen molar-refractivity contribution in [3.63, 3.8) is 0 Å². The molecule has 5 rings (SSSR count). The molecule has 0 bridgehead atoms. The van der Waals surface area contributed by atoms with Gasteiger partial charge in [-0.1, -0.05) is 13.3 Å². The Labute approximate surface area is 163 Å². The second kappa shape index (κ2) is 7.19. The van der Waals surface area contributed by atoms with Gasteiger partial charge in [-0.05, 0) is 60.9 Å². The van der Waals surface area contributed by atoms with Gasteiger partial charge in [0.2, 0.25) is 5.71 Å². The van der Waals surface area contributed by atoms with E-state index in [0.29, 0.717) is 23.7 Å². The number of fused-ring (bicyclic) bond motifs is 5. The predicted octanol–water partition coefficient (Wildman–Crippen LogP) is 4.61. The topological polar surface area (TPSA) is 76.7 Å². The van der Waals surface area contributed by atoms with Gasteiger partial charge in [-0.2, -0.15) is 0 Å². The third kappa shape index (κ3) is 2.89. The van der Waals surface area contributed by atoms with Gasteiger partial charge in [0.1, 0.15) is 11.8 Å². The summed E-state index contributed by atoms with van der Waals surface area (Å²) in [6.07, 6.45) is 11.9. The molecule has 0 atom stereocenters. The number of pyridine rings is 2. The number of nitrogens with one attached hydrogen (secondary N) is 1. The number of anilines is 1. The third-order valence-electron chi connectivity index (χ3n) is 5.50. The molecule has 0 unspecified atom stereocenters. The van der Waals surface area contributed by atoms with E-state index < -0.39 is 0 Å². The van der Waals surface area contributed by atoms with E-state index in [0.717, 1.165) is 42.1 Å². The Morgan fingerprint density at radius 1 is 1.07 bits per heavy atom. The van der Waals surface area contributed by atoms with Crippen LogP contribution in [0.3, 0.4) is 0 Å². The summed E-state index contributed by atoms with van der Waals surface area (Å²) in [4.78, 5) is 18.0. The first-order chi connectivity index (χ1) is 13.8. The van der Waals surface area contributed by atoms with E-state index in [9.17, 15) is 0 Å². The highest BCUT2D eigenvalue weighted by Gasteiger charge is 2.24. The summed E-state index contributed by atoms with van der Waals surface area (Å²) in [7, 11) is 0. The Hall–Kier alpha value is -3.02. The fraction of sp³-hybridized carbons (Fsp3) is 0.364. The van der Waals surface area contributed by atoms with Crippen LogP contribution in [0.15, 0.2) is 35.3 Å². The summed E-state index contributed by atoms with van der Waals surface area (Å²) >= 11 is 0. The number of furan rings is 1. The largest absolute Gasteiger partial charge is 0.432 e. The molecule has 0 radical (unpaired) electrons. The molecule has 0 aromatic carbocycles. The molecule has 4 heterocycles. The quantitative estimate of drug-likeness (QED) is 0.550. The van der Waals surface area contributed by atoms with Gasteiger partial charge in [-0.3, -0.25) is 4.98 Å². The number of hydrogen-bond acceptors (Lipinski definition) is 6. The molecule has 1 aliphatic carbocycles. The molecule has 0 spiro atoms. The summed E-state index contributed by atoms with van der Waals surface area (Å²) < 4.78 is 6.21. The molecule has 28 heavy (non-hydrogen) atoms. The van der Waals surface area contributed by atoms with Crippen molar-refractivity contribution in [3.8, 4) is 0 Å². The molecule has 1 N–H and O–H groups in total. The van der Waals surface area contributed by atoms with Crippen LogP contribution in [-0.2, 0) is 25.8 Å². The van der Waals surface area contributed by atoms with Gasteiger partial charge in [-0.15, -0.1) is 0 Å². The van der Waals surface area contributed by atoms with Gasteiger partial charge in [0, 0.05) is 24.6 Å². The zero-order valence-electron chi connectivity index (χ0n) is 16.0. The molecule has 0 amide bonds. The summed E-state index contributed by atoms with van der Waals surface area (Å²) in [5.41, 5.74) is 7.41. The minimum Gasteiger partial charge on any atom is -0.432 e. The minimum atomic E-state index is 0.651. The first-order valence-corrected chi connectivity index (χ1v) is 10.1. The van der Waals surface area contributed by atoms with Crippen molar-refractivity contribution >= 4 is 28.0 Å². The van der Waals surface area contributed by atoms with E-state index in [-0.39, 0.29) is 0 Å². The van der Waals surface area contributed by atoms with Gasteiger partial charge in [0.05, 0.1) is 5.39 Å². The maximum atomic E-state index is 6.21. The van der Waals surface area contributed by atoms with E-state index in [4.69, 9.17) is 9.40 Å². The van der Waals surface area contributed by atoms with Crippen molar-refractivity contribution in [1.29, 1.82) is 0 Å². The van der Waals surface area contributed by atoms with Crippen LogP contribution in [-0.4, -0.2) is 19.9 Å². The molecule has 4 aromatic heterocycles. The van der Waals surface area contributed by atoms with Crippen LogP contribution in [0, 0.1) is 0 Å². The van der Waals surface area contributed by atoms with Crippen LogP contribution in [0.1, 0.15) is 48.6 Å². The number of aryl methyl sites for hydroxylation is 2. The fourth-order valence-electron chi connectivity index (χ4n) is 4.19. The lowest BCUT2D eigenvalue weighted by Gasteiger charge is -2.19. The monoisotopic (exact) mass is 373 g/mol. The van der Waals surface area contributed by atoms with Gasteiger partial charge in [0.15, 0.2) is 11.4 Å². The van der Waals surface area contributed by atoms with E-state index >= 15 is 0 Å². The molecule has 0 fully saturated rings.